The van der Waals surface area contributed by atoms with Crippen LogP contribution in [0, 0.1) is 0 Å². The van der Waals surface area contributed by atoms with Crippen molar-refractivity contribution in [2.75, 3.05) is 25.0 Å². The molecule has 224 valence electrons. The predicted molar refractivity (Wildman–Crippen MR) is 169 cm³/mol. The van der Waals surface area contributed by atoms with Crippen LogP contribution >= 0.6 is 11.6 Å². The molecular weight excluding hydrogens is 564 g/mol. The number of carbonyl (C=O) groups excluding carboxylic acids is 1. The van der Waals surface area contributed by atoms with Gasteiger partial charge in [0.15, 0.2) is 0 Å². The van der Waals surface area contributed by atoms with Crippen molar-refractivity contribution in [3.05, 3.63) is 118 Å². The topological polar surface area (TPSA) is 95.9 Å². The van der Waals surface area contributed by atoms with Gasteiger partial charge >= 0.3 is 5.97 Å². The number of nitrogens with zero attached hydrogens (tertiary/aromatic N) is 4. The average molecular weight is 601 g/mol. The number of likely N-dealkylation sites (N-methyl/N-ethyl adjacent to an activating group) is 1. The van der Waals surface area contributed by atoms with Crippen LogP contribution in [0.4, 0.5) is 5.95 Å². The van der Waals surface area contributed by atoms with Gasteiger partial charge in [-0.05, 0) is 60.2 Å². The molecule has 1 heterocycles. The fourth-order valence-electron chi connectivity index (χ4n) is 4.55. The molecule has 0 aliphatic rings. The number of amides is 1. The molecule has 1 amide bonds. The zero-order chi connectivity index (χ0) is 30.6. The molecule has 8 nitrogen and oxygen atoms in total. The Kier molecular flexibility index (Phi) is 11.5. The lowest BCUT2D eigenvalue weighted by molar-refractivity contribution is -0.137. The second-order valence-electron chi connectivity index (χ2n) is 10.4. The van der Waals surface area contributed by atoms with Crippen LogP contribution in [0.15, 0.2) is 85.1 Å². The van der Waals surface area contributed by atoms with Crippen LogP contribution in [-0.4, -0.2) is 52.0 Å². The van der Waals surface area contributed by atoms with Gasteiger partial charge in [-0.25, -0.2) is 9.97 Å². The Morgan fingerprint density at radius 1 is 0.907 bits per heavy atom. The van der Waals surface area contributed by atoms with Gasteiger partial charge in [0.2, 0.25) is 5.95 Å². The van der Waals surface area contributed by atoms with Crippen molar-refractivity contribution in [3.63, 3.8) is 0 Å². The number of unbranched alkanes of at least 4 members (excludes halogenated alkanes) is 1. The Hall–Kier alpha value is -4.43. The highest BCUT2D eigenvalue weighted by Crippen LogP contribution is 2.21. The summed E-state index contributed by atoms with van der Waals surface area (Å²) >= 11 is 6.02. The van der Waals surface area contributed by atoms with E-state index in [-0.39, 0.29) is 18.7 Å². The third-order valence-electron chi connectivity index (χ3n) is 7.02. The number of carboxylic acids is 1. The number of aliphatic carboxylic acids is 1. The average Bonchev–Trinajstić information content (AvgIpc) is 3.02. The van der Waals surface area contributed by atoms with Gasteiger partial charge in [-0.3, -0.25) is 9.59 Å². The summed E-state index contributed by atoms with van der Waals surface area (Å²) in [6.07, 6.45) is 5.45. The molecule has 0 unspecified atom stereocenters. The van der Waals surface area contributed by atoms with E-state index in [4.69, 9.17) is 21.3 Å². The number of aryl methyl sites for hydroxylation is 1. The van der Waals surface area contributed by atoms with Gasteiger partial charge in [0.05, 0.1) is 11.3 Å². The van der Waals surface area contributed by atoms with E-state index in [0.717, 1.165) is 31.2 Å². The lowest BCUT2D eigenvalue weighted by Gasteiger charge is -2.23. The molecule has 0 spiro atoms. The minimum Gasteiger partial charge on any atom is -0.487 e. The van der Waals surface area contributed by atoms with Crippen molar-refractivity contribution in [1.82, 2.24) is 14.9 Å². The summed E-state index contributed by atoms with van der Waals surface area (Å²) < 4.78 is 5.97. The summed E-state index contributed by atoms with van der Waals surface area (Å²) in [5.74, 6) is -0.587. The van der Waals surface area contributed by atoms with Crippen molar-refractivity contribution < 1.29 is 19.4 Å². The highest BCUT2D eigenvalue weighted by Gasteiger charge is 2.24. The molecule has 3 aromatic carbocycles. The predicted octanol–water partition coefficient (Wildman–Crippen LogP) is 6.46. The molecule has 0 fully saturated rings. The van der Waals surface area contributed by atoms with Crippen LogP contribution in [0.5, 0.6) is 5.75 Å². The Bertz CT molecular complexity index is 1480. The third kappa shape index (κ3) is 9.54. The van der Waals surface area contributed by atoms with Crippen molar-refractivity contribution in [2.45, 2.75) is 45.8 Å². The van der Waals surface area contributed by atoms with Gasteiger partial charge in [0.1, 0.15) is 18.9 Å². The van der Waals surface area contributed by atoms with E-state index in [1.807, 2.05) is 54.4 Å². The molecule has 0 aliphatic carbocycles. The van der Waals surface area contributed by atoms with Gasteiger partial charge in [0, 0.05) is 31.4 Å². The van der Waals surface area contributed by atoms with E-state index in [9.17, 15) is 14.7 Å². The third-order valence-corrected chi connectivity index (χ3v) is 7.28. The van der Waals surface area contributed by atoms with Gasteiger partial charge in [0.25, 0.3) is 5.91 Å². The standard InChI is InChI=1S/C34H37ClN4O4/c1-3-4-8-26-11-13-27(14-12-26)22-39(23-32(40)41)33(42)30-21-36-34(38(2)20-19-25-9-6-5-7-10-25)37-31(30)24-43-29-17-15-28(35)16-18-29/h5-7,9-18,21H,3-4,8,19-20,22-24H2,1-2H3,(H,40,41). The van der Waals surface area contributed by atoms with E-state index >= 15 is 0 Å². The number of anilines is 1. The van der Waals surface area contributed by atoms with E-state index in [0.29, 0.717) is 29.0 Å². The Balaban J connectivity index is 1.58. The second kappa shape index (κ2) is 15.7. The number of hydrogen-bond acceptors (Lipinski definition) is 6. The summed E-state index contributed by atoms with van der Waals surface area (Å²) in [5.41, 5.74) is 3.79. The smallest absolute Gasteiger partial charge is 0.323 e. The largest absolute Gasteiger partial charge is 0.487 e. The molecule has 43 heavy (non-hydrogen) atoms. The van der Waals surface area contributed by atoms with Crippen molar-refractivity contribution >= 4 is 29.4 Å². The summed E-state index contributed by atoms with van der Waals surface area (Å²) in [5, 5.41) is 10.2. The zero-order valence-corrected chi connectivity index (χ0v) is 25.3. The normalized spacial score (nSPS) is 10.8. The molecule has 4 rings (SSSR count). The van der Waals surface area contributed by atoms with E-state index in [2.05, 4.69) is 24.0 Å². The second-order valence-corrected chi connectivity index (χ2v) is 10.8. The van der Waals surface area contributed by atoms with Gasteiger partial charge in [-0.15, -0.1) is 0 Å². The number of aromatic nitrogens is 2. The molecule has 4 aromatic rings. The molecule has 1 N–H and O–H groups in total. The van der Waals surface area contributed by atoms with Gasteiger partial charge < -0.3 is 19.6 Å². The number of rotatable bonds is 15. The monoisotopic (exact) mass is 600 g/mol. The highest BCUT2D eigenvalue weighted by molar-refractivity contribution is 6.30. The molecule has 0 atom stereocenters. The first-order chi connectivity index (χ1) is 20.8. The summed E-state index contributed by atoms with van der Waals surface area (Å²) in [4.78, 5) is 38.1. The number of benzene rings is 3. The molecule has 0 saturated carbocycles. The Morgan fingerprint density at radius 3 is 2.26 bits per heavy atom. The van der Waals surface area contributed by atoms with Crippen LogP contribution in [-0.2, 0) is 30.8 Å². The number of carboxylic acid groups (broad SMARTS) is 1. The molecule has 0 aliphatic heterocycles. The summed E-state index contributed by atoms with van der Waals surface area (Å²) in [6.45, 7) is 2.46. The number of ether oxygens (including phenoxy) is 1. The molecule has 1 aromatic heterocycles. The first-order valence-electron chi connectivity index (χ1n) is 14.4. The zero-order valence-electron chi connectivity index (χ0n) is 24.6. The highest BCUT2D eigenvalue weighted by atomic mass is 35.5. The molecule has 9 heteroatoms. The van der Waals surface area contributed by atoms with E-state index in [1.54, 1.807) is 24.3 Å². The van der Waals surface area contributed by atoms with Gasteiger partial charge in [-0.1, -0.05) is 79.5 Å². The van der Waals surface area contributed by atoms with Crippen LogP contribution in [0.2, 0.25) is 5.02 Å². The first kappa shape index (κ1) is 31.5. The number of halogens is 1. The molecular formula is C34H37ClN4O4. The number of hydrogen-bond donors (Lipinski definition) is 1. The van der Waals surface area contributed by atoms with E-state index in [1.165, 1.54) is 22.2 Å². The van der Waals surface area contributed by atoms with E-state index < -0.39 is 18.4 Å². The lowest BCUT2D eigenvalue weighted by Crippen LogP contribution is -2.36. The minimum absolute atomic E-state index is 0.0161. The lowest BCUT2D eigenvalue weighted by atomic mass is 10.1. The van der Waals surface area contributed by atoms with Crippen LogP contribution < -0.4 is 9.64 Å². The Labute approximate surface area is 257 Å². The fraction of sp³-hybridized carbons (Fsp3) is 0.294. The molecule has 0 bridgehead atoms. The SMILES string of the molecule is CCCCc1ccc(CN(CC(=O)O)C(=O)c2cnc(N(C)CCc3ccccc3)nc2COc2ccc(Cl)cc2)cc1. The minimum atomic E-state index is -1.11. The van der Waals surface area contributed by atoms with Crippen LogP contribution in [0.3, 0.4) is 0 Å². The van der Waals surface area contributed by atoms with Gasteiger partial charge in [-0.2, -0.15) is 0 Å². The number of carbonyl (C=O) groups is 2. The fourth-order valence-corrected chi connectivity index (χ4v) is 4.67. The maximum atomic E-state index is 13.9. The summed E-state index contributed by atoms with van der Waals surface area (Å²) in [6, 6.07) is 25.0. The quantitative estimate of drug-likeness (QED) is 0.167. The van der Waals surface area contributed by atoms with Crippen molar-refractivity contribution in [3.8, 4) is 5.75 Å². The van der Waals surface area contributed by atoms with Crippen LogP contribution in [0.25, 0.3) is 0 Å². The Morgan fingerprint density at radius 2 is 1.58 bits per heavy atom. The van der Waals surface area contributed by atoms with Crippen LogP contribution in [0.1, 0.15) is 52.5 Å². The maximum Gasteiger partial charge on any atom is 0.323 e. The maximum absolute atomic E-state index is 13.9. The van der Waals surface area contributed by atoms with Crippen molar-refractivity contribution in [2.24, 2.45) is 0 Å². The molecule has 0 saturated heterocycles. The molecule has 0 radical (unpaired) electrons. The first-order valence-corrected chi connectivity index (χ1v) is 14.8. The van der Waals surface area contributed by atoms with Crippen molar-refractivity contribution in [1.29, 1.82) is 0 Å². The summed E-state index contributed by atoms with van der Waals surface area (Å²) in [7, 11) is 1.89.